The smallest absolute Gasteiger partial charge is 0.341 e. The fourth-order valence-corrected chi connectivity index (χ4v) is 3.71. The molecule has 2 aliphatic heterocycles. The number of amides is 1. The van der Waals surface area contributed by atoms with Crippen LogP contribution in [-0.4, -0.2) is 58.6 Å². The van der Waals surface area contributed by atoms with Crippen LogP contribution in [0.15, 0.2) is 18.2 Å². The van der Waals surface area contributed by atoms with Gasteiger partial charge >= 0.3 is 5.97 Å². The highest BCUT2D eigenvalue weighted by Gasteiger charge is 2.40. The average Bonchev–Trinajstić information content (AvgIpc) is 3.00. The normalized spacial score (nSPS) is 24.1. The van der Waals surface area contributed by atoms with E-state index in [2.05, 4.69) is 4.90 Å². The number of carbonyl (C=O) groups is 2. The summed E-state index contributed by atoms with van der Waals surface area (Å²) in [4.78, 5) is 27.4. The second-order valence-electron chi connectivity index (χ2n) is 6.37. The number of carbonyl (C=O) groups excluding carboxylic acids is 1. The zero-order valence-corrected chi connectivity index (χ0v) is 14.3. The highest BCUT2D eigenvalue weighted by atomic mass is 35.5. The third-order valence-corrected chi connectivity index (χ3v) is 4.99. The van der Waals surface area contributed by atoms with Gasteiger partial charge in [0.25, 0.3) is 0 Å². The fourth-order valence-electron chi connectivity index (χ4n) is 3.51. The number of piperazine rings is 1. The molecule has 0 unspecified atom stereocenters. The van der Waals surface area contributed by atoms with Crippen molar-refractivity contribution in [3.8, 4) is 5.75 Å². The van der Waals surface area contributed by atoms with E-state index in [1.54, 1.807) is 18.2 Å². The molecule has 130 valence electrons. The molecular weight excluding hydrogens is 332 g/mol. The van der Waals surface area contributed by atoms with Crippen LogP contribution < -0.4 is 4.74 Å². The Hall–Kier alpha value is -1.79. The van der Waals surface area contributed by atoms with Gasteiger partial charge in [0.05, 0.1) is 6.04 Å². The predicted molar refractivity (Wildman–Crippen MR) is 89.2 cm³/mol. The van der Waals surface area contributed by atoms with Gasteiger partial charge in [-0.25, -0.2) is 4.79 Å². The number of carboxylic acids is 1. The minimum absolute atomic E-state index is 0.166. The number of hydrogen-bond donors (Lipinski definition) is 1. The Kier molecular flexibility index (Phi) is 4.96. The Morgan fingerprint density at radius 3 is 3.00 bits per heavy atom. The zero-order chi connectivity index (χ0) is 17.3. The minimum Gasteiger partial charge on any atom is -0.482 e. The van der Waals surface area contributed by atoms with E-state index in [9.17, 15) is 9.59 Å². The summed E-state index contributed by atoms with van der Waals surface area (Å²) < 4.78 is 5.36. The third kappa shape index (κ3) is 3.49. The van der Waals surface area contributed by atoms with Gasteiger partial charge < -0.3 is 14.7 Å². The van der Waals surface area contributed by atoms with E-state index in [-0.39, 0.29) is 18.0 Å². The van der Waals surface area contributed by atoms with Gasteiger partial charge in [0.1, 0.15) is 5.75 Å². The van der Waals surface area contributed by atoms with Crippen LogP contribution in [0.1, 0.15) is 25.3 Å². The van der Waals surface area contributed by atoms with E-state index in [1.165, 1.54) is 0 Å². The summed E-state index contributed by atoms with van der Waals surface area (Å²) in [5.41, 5.74) is 0.801. The number of nitrogens with zero attached hydrogens (tertiary/aromatic N) is 2. The molecule has 0 spiro atoms. The molecule has 24 heavy (non-hydrogen) atoms. The molecule has 0 aromatic heterocycles. The van der Waals surface area contributed by atoms with Gasteiger partial charge in [-0.3, -0.25) is 9.69 Å². The number of rotatable bonds is 5. The van der Waals surface area contributed by atoms with Gasteiger partial charge in [-0.2, -0.15) is 0 Å². The highest BCUT2D eigenvalue weighted by molar-refractivity contribution is 6.30. The van der Waals surface area contributed by atoms with Crippen molar-refractivity contribution in [2.24, 2.45) is 0 Å². The maximum absolute atomic E-state index is 12.5. The van der Waals surface area contributed by atoms with Crippen LogP contribution in [0.4, 0.5) is 0 Å². The SMILES string of the molecule is C[C@H]1C(=O)N2CCC[C@@H]2CN1Cc1cc(Cl)ccc1OCC(=O)O. The lowest BCUT2D eigenvalue weighted by Crippen LogP contribution is -2.58. The minimum atomic E-state index is -1.03. The first-order chi connectivity index (χ1) is 11.5. The van der Waals surface area contributed by atoms with E-state index in [0.717, 1.165) is 31.5 Å². The van der Waals surface area contributed by atoms with Crippen molar-refractivity contribution in [3.63, 3.8) is 0 Å². The Morgan fingerprint density at radius 1 is 1.46 bits per heavy atom. The summed E-state index contributed by atoms with van der Waals surface area (Å²) in [6.07, 6.45) is 2.09. The number of ether oxygens (including phenoxy) is 1. The second-order valence-corrected chi connectivity index (χ2v) is 6.80. The third-order valence-electron chi connectivity index (χ3n) is 4.76. The lowest BCUT2D eigenvalue weighted by Gasteiger charge is -2.41. The van der Waals surface area contributed by atoms with Gasteiger partial charge in [0.2, 0.25) is 5.91 Å². The molecule has 2 saturated heterocycles. The maximum Gasteiger partial charge on any atom is 0.341 e. The predicted octanol–water partition coefficient (Wildman–Crippen LogP) is 2.00. The van der Waals surface area contributed by atoms with Crippen molar-refractivity contribution in [2.45, 2.75) is 38.4 Å². The van der Waals surface area contributed by atoms with Crippen molar-refractivity contribution in [1.29, 1.82) is 0 Å². The molecule has 2 fully saturated rings. The molecule has 2 heterocycles. The standard InChI is InChI=1S/C17H21ClN2O4/c1-11-17(23)20-6-2-3-14(20)9-19(11)8-12-7-13(18)4-5-15(12)24-10-16(21)22/h4-5,7,11,14H,2-3,6,8-10H2,1H3,(H,21,22)/t11-,14+/m0/s1. The fraction of sp³-hybridized carbons (Fsp3) is 0.529. The van der Waals surface area contributed by atoms with Crippen molar-refractivity contribution < 1.29 is 19.4 Å². The van der Waals surface area contributed by atoms with Crippen LogP contribution in [0.25, 0.3) is 0 Å². The van der Waals surface area contributed by atoms with Gasteiger partial charge in [0.15, 0.2) is 6.61 Å². The lowest BCUT2D eigenvalue weighted by atomic mass is 10.1. The summed E-state index contributed by atoms with van der Waals surface area (Å²) >= 11 is 6.09. The van der Waals surface area contributed by atoms with Gasteiger partial charge in [-0.1, -0.05) is 11.6 Å². The van der Waals surface area contributed by atoms with E-state index in [1.807, 2.05) is 11.8 Å². The van der Waals surface area contributed by atoms with Crippen LogP contribution in [0.3, 0.4) is 0 Å². The Balaban J connectivity index is 1.78. The summed E-state index contributed by atoms with van der Waals surface area (Å²) in [6, 6.07) is 5.20. The summed E-state index contributed by atoms with van der Waals surface area (Å²) in [7, 11) is 0. The molecule has 0 saturated carbocycles. The molecule has 1 aromatic carbocycles. The van der Waals surface area contributed by atoms with E-state index in [4.69, 9.17) is 21.4 Å². The lowest BCUT2D eigenvalue weighted by molar-refractivity contribution is -0.143. The number of carboxylic acid groups (broad SMARTS) is 1. The largest absolute Gasteiger partial charge is 0.482 e. The number of benzene rings is 1. The molecule has 0 aliphatic carbocycles. The summed E-state index contributed by atoms with van der Waals surface area (Å²) in [5, 5.41) is 9.37. The monoisotopic (exact) mass is 352 g/mol. The van der Waals surface area contributed by atoms with Crippen LogP contribution in [-0.2, 0) is 16.1 Å². The molecule has 0 radical (unpaired) electrons. The molecule has 6 nitrogen and oxygen atoms in total. The van der Waals surface area contributed by atoms with Crippen molar-refractivity contribution >= 4 is 23.5 Å². The summed E-state index contributed by atoms with van der Waals surface area (Å²) in [6.45, 7) is 3.69. The molecule has 1 amide bonds. The highest BCUT2D eigenvalue weighted by Crippen LogP contribution is 2.30. The number of aliphatic carboxylic acids is 1. The molecule has 7 heteroatoms. The zero-order valence-electron chi connectivity index (χ0n) is 13.6. The van der Waals surface area contributed by atoms with E-state index in [0.29, 0.717) is 17.3 Å². The Labute approximate surface area is 145 Å². The van der Waals surface area contributed by atoms with Crippen molar-refractivity contribution in [1.82, 2.24) is 9.80 Å². The van der Waals surface area contributed by atoms with Gasteiger partial charge in [0, 0.05) is 36.3 Å². The Morgan fingerprint density at radius 2 is 2.25 bits per heavy atom. The van der Waals surface area contributed by atoms with Crippen LogP contribution in [0.5, 0.6) is 5.75 Å². The molecule has 1 aromatic rings. The first kappa shape index (κ1) is 17.0. The maximum atomic E-state index is 12.5. The molecular formula is C17H21ClN2O4. The molecule has 2 aliphatic rings. The first-order valence-corrected chi connectivity index (χ1v) is 8.51. The van der Waals surface area contributed by atoms with Crippen LogP contribution in [0, 0.1) is 0 Å². The number of halogens is 1. The van der Waals surface area contributed by atoms with Crippen LogP contribution in [0.2, 0.25) is 5.02 Å². The van der Waals surface area contributed by atoms with Crippen LogP contribution >= 0.6 is 11.6 Å². The number of hydrogen-bond acceptors (Lipinski definition) is 4. The molecule has 3 rings (SSSR count). The van der Waals surface area contributed by atoms with E-state index < -0.39 is 12.6 Å². The van der Waals surface area contributed by atoms with Gasteiger partial charge in [-0.05, 0) is 38.0 Å². The molecule has 0 bridgehead atoms. The van der Waals surface area contributed by atoms with Crippen molar-refractivity contribution in [3.05, 3.63) is 28.8 Å². The Bertz CT molecular complexity index is 651. The average molecular weight is 353 g/mol. The topological polar surface area (TPSA) is 70.1 Å². The number of fused-ring (bicyclic) bond motifs is 1. The molecule has 1 N–H and O–H groups in total. The molecule has 2 atom stereocenters. The van der Waals surface area contributed by atoms with E-state index >= 15 is 0 Å². The quantitative estimate of drug-likeness (QED) is 0.877. The second kappa shape index (κ2) is 6.99. The summed E-state index contributed by atoms with van der Waals surface area (Å²) in [5.74, 6) is -0.368. The van der Waals surface area contributed by atoms with Crippen molar-refractivity contribution in [2.75, 3.05) is 19.7 Å². The first-order valence-electron chi connectivity index (χ1n) is 8.13. The van der Waals surface area contributed by atoms with Gasteiger partial charge in [-0.15, -0.1) is 0 Å².